The van der Waals surface area contributed by atoms with Crippen LogP contribution in [0.5, 0.6) is 5.75 Å². The van der Waals surface area contributed by atoms with Gasteiger partial charge in [-0.15, -0.1) is 0 Å². The van der Waals surface area contributed by atoms with E-state index in [4.69, 9.17) is 9.15 Å². The van der Waals surface area contributed by atoms with E-state index in [0.717, 1.165) is 23.1 Å². The summed E-state index contributed by atoms with van der Waals surface area (Å²) in [4.78, 5) is 27.3. The number of amides is 2. The molecule has 1 aliphatic rings. The molecule has 1 aliphatic heterocycles. The third-order valence-electron chi connectivity index (χ3n) is 6.71. The van der Waals surface area contributed by atoms with Gasteiger partial charge in [-0.05, 0) is 72.5 Å². The van der Waals surface area contributed by atoms with Crippen LogP contribution in [0, 0.1) is 12.7 Å². The minimum Gasteiger partial charge on any atom is -0.486 e. The number of fused-ring (bicyclic) bond motifs is 1. The lowest BCUT2D eigenvalue weighted by molar-refractivity contribution is -0.132. The first-order valence-corrected chi connectivity index (χ1v) is 12.7. The van der Waals surface area contributed by atoms with Crippen LogP contribution in [0.4, 0.5) is 10.1 Å². The van der Waals surface area contributed by atoms with E-state index >= 15 is 0 Å². The quantitative estimate of drug-likeness (QED) is 0.309. The summed E-state index contributed by atoms with van der Waals surface area (Å²) < 4.78 is 25.1. The number of carbonyl (C=O) groups excluding carboxylic acids is 2. The fraction of sp³-hybridized carbons (Fsp3) is 0.226. The summed E-state index contributed by atoms with van der Waals surface area (Å²) in [6, 6.07) is 23.0. The van der Waals surface area contributed by atoms with E-state index in [9.17, 15) is 14.0 Å². The summed E-state index contributed by atoms with van der Waals surface area (Å²) >= 11 is 0. The van der Waals surface area contributed by atoms with Crippen LogP contribution in [0.15, 0.2) is 83.3 Å². The minimum atomic E-state index is -0.475. The summed E-state index contributed by atoms with van der Waals surface area (Å²) in [5.41, 5.74) is 4.82. The van der Waals surface area contributed by atoms with Gasteiger partial charge >= 0.3 is 0 Å². The van der Waals surface area contributed by atoms with Gasteiger partial charge in [-0.1, -0.05) is 48.9 Å². The summed E-state index contributed by atoms with van der Waals surface area (Å²) in [6.45, 7) is 4.73. The lowest BCUT2D eigenvalue weighted by Crippen LogP contribution is -2.40. The first kappa shape index (κ1) is 25.3. The van der Waals surface area contributed by atoms with Crippen LogP contribution in [0.25, 0.3) is 0 Å². The maximum Gasteiger partial charge on any atom is 0.291 e. The fourth-order valence-electron chi connectivity index (χ4n) is 4.75. The molecule has 0 fully saturated rings. The Balaban J connectivity index is 1.33. The highest BCUT2D eigenvalue weighted by molar-refractivity contribution is 6.02. The number of aryl methyl sites for hydroxylation is 1. The van der Waals surface area contributed by atoms with E-state index in [1.54, 1.807) is 18.2 Å². The Morgan fingerprint density at radius 1 is 1.05 bits per heavy atom. The summed E-state index contributed by atoms with van der Waals surface area (Å²) in [5.74, 6) is 0.433. The van der Waals surface area contributed by atoms with Gasteiger partial charge in [0.15, 0.2) is 5.76 Å². The predicted octanol–water partition coefficient (Wildman–Crippen LogP) is 6.44. The molecular formula is C31H29FN2O4. The zero-order valence-electron chi connectivity index (χ0n) is 21.4. The SMILES string of the molecule is CCC(=O)N1CCc2ccc(OCc3ccc(C(=O)Nc4cccc(F)c4)o3)cc2C1c1ccc(C)cc1. The Hall–Kier alpha value is -4.39. The zero-order valence-corrected chi connectivity index (χ0v) is 21.4. The maximum absolute atomic E-state index is 13.4. The molecule has 0 aliphatic carbocycles. The smallest absolute Gasteiger partial charge is 0.291 e. The van der Waals surface area contributed by atoms with E-state index in [1.165, 1.54) is 23.8 Å². The number of furan rings is 1. The van der Waals surface area contributed by atoms with Crippen LogP contribution in [0.3, 0.4) is 0 Å². The van der Waals surface area contributed by atoms with Crippen molar-refractivity contribution in [2.45, 2.75) is 39.3 Å². The largest absolute Gasteiger partial charge is 0.486 e. The molecule has 2 heterocycles. The van der Waals surface area contributed by atoms with Gasteiger partial charge in [0.05, 0.1) is 6.04 Å². The van der Waals surface area contributed by atoms with Gasteiger partial charge in [-0.25, -0.2) is 4.39 Å². The first-order valence-electron chi connectivity index (χ1n) is 12.7. The van der Waals surface area contributed by atoms with Crippen molar-refractivity contribution >= 4 is 17.5 Å². The summed E-state index contributed by atoms with van der Waals surface area (Å²) in [5, 5.41) is 2.62. The van der Waals surface area contributed by atoms with E-state index in [0.29, 0.717) is 30.2 Å². The van der Waals surface area contributed by atoms with Crippen molar-refractivity contribution in [1.29, 1.82) is 0 Å². The highest BCUT2D eigenvalue weighted by Crippen LogP contribution is 2.37. The molecule has 0 saturated carbocycles. The van der Waals surface area contributed by atoms with Crippen molar-refractivity contribution in [3.8, 4) is 5.75 Å². The molecular weight excluding hydrogens is 483 g/mol. The molecule has 0 bridgehead atoms. The van der Waals surface area contributed by atoms with Crippen molar-refractivity contribution in [2.75, 3.05) is 11.9 Å². The molecule has 0 radical (unpaired) electrons. The summed E-state index contributed by atoms with van der Waals surface area (Å²) in [7, 11) is 0. The van der Waals surface area contributed by atoms with Gasteiger partial charge in [-0.2, -0.15) is 0 Å². The molecule has 4 aromatic rings. The molecule has 5 rings (SSSR count). The Morgan fingerprint density at radius 2 is 1.87 bits per heavy atom. The normalized spacial score (nSPS) is 14.6. The number of anilines is 1. The van der Waals surface area contributed by atoms with Gasteiger partial charge < -0.3 is 19.4 Å². The number of hydrogen-bond acceptors (Lipinski definition) is 4. The standard InChI is InChI=1S/C31H29FN2O4/c1-3-29(35)34-16-15-21-11-12-25(18-27(21)30(34)22-9-7-20(2)8-10-22)37-19-26-13-14-28(38-26)31(36)33-24-6-4-5-23(32)17-24/h4-14,17-18,30H,3,15-16,19H2,1-2H3,(H,33,36). The molecule has 1 aromatic heterocycles. The van der Waals surface area contributed by atoms with Crippen molar-refractivity contribution in [3.05, 3.63) is 118 Å². The number of nitrogens with zero attached hydrogens (tertiary/aromatic N) is 1. The molecule has 0 spiro atoms. The molecule has 3 aromatic carbocycles. The van der Waals surface area contributed by atoms with E-state index < -0.39 is 11.7 Å². The van der Waals surface area contributed by atoms with Crippen molar-refractivity contribution in [1.82, 2.24) is 4.90 Å². The molecule has 194 valence electrons. The summed E-state index contributed by atoms with van der Waals surface area (Å²) in [6.07, 6.45) is 1.23. The van der Waals surface area contributed by atoms with E-state index in [1.807, 2.05) is 30.9 Å². The van der Waals surface area contributed by atoms with E-state index in [2.05, 4.69) is 35.6 Å². The Labute approximate surface area is 221 Å². The lowest BCUT2D eigenvalue weighted by Gasteiger charge is -2.38. The molecule has 38 heavy (non-hydrogen) atoms. The number of rotatable bonds is 7. The number of carbonyl (C=O) groups is 2. The van der Waals surface area contributed by atoms with Gasteiger partial charge in [0.1, 0.15) is 23.9 Å². The minimum absolute atomic E-state index is 0.103. The maximum atomic E-state index is 13.4. The van der Waals surface area contributed by atoms with E-state index in [-0.39, 0.29) is 24.3 Å². The van der Waals surface area contributed by atoms with Crippen LogP contribution in [0.2, 0.25) is 0 Å². The van der Waals surface area contributed by atoms with Crippen molar-refractivity contribution in [2.24, 2.45) is 0 Å². The molecule has 1 N–H and O–H groups in total. The second-order valence-electron chi connectivity index (χ2n) is 9.38. The van der Waals surface area contributed by atoms with Crippen LogP contribution in [-0.4, -0.2) is 23.3 Å². The topological polar surface area (TPSA) is 71.8 Å². The zero-order chi connectivity index (χ0) is 26.6. The van der Waals surface area contributed by atoms with Crippen LogP contribution >= 0.6 is 0 Å². The average Bonchev–Trinajstić information content (AvgIpc) is 3.41. The predicted molar refractivity (Wildman–Crippen MR) is 143 cm³/mol. The number of nitrogens with one attached hydrogen (secondary N) is 1. The Bertz CT molecular complexity index is 1460. The van der Waals surface area contributed by atoms with Crippen molar-refractivity contribution < 1.29 is 23.1 Å². The molecule has 1 unspecified atom stereocenters. The molecule has 0 saturated heterocycles. The number of ether oxygens (including phenoxy) is 1. The molecule has 7 heteroatoms. The number of halogens is 1. The third-order valence-corrected chi connectivity index (χ3v) is 6.71. The lowest BCUT2D eigenvalue weighted by atomic mass is 9.87. The fourth-order valence-corrected chi connectivity index (χ4v) is 4.75. The first-order chi connectivity index (χ1) is 18.4. The highest BCUT2D eigenvalue weighted by atomic mass is 19.1. The Morgan fingerprint density at radius 3 is 2.63 bits per heavy atom. The monoisotopic (exact) mass is 512 g/mol. The number of hydrogen-bond donors (Lipinski definition) is 1. The van der Waals surface area contributed by atoms with Crippen LogP contribution < -0.4 is 10.1 Å². The van der Waals surface area contributed by atoms with Gasteiger partial charge in [0, 0.05) is 18.7 Å². The van der Waals surface area contributed by atoms with Gasteiger partial charge in [0.25, 0.3) is 5.91 Å². The second-order valence-corrected chi connectivity index (χ2v) is 9.38. The Kier molecular flexibility index (Phi) is 7.26. The van der Waals surface area contributed by atoms with Crippen LogP contribution in [0.1, 0.15) is 58.0 Å². The third kappa shape index (κ3) is 5.47. The van der Waals surface area contributed by atoms with Crippen LogP contribution in [-0.2, 0) is 17.8 Å². The molecule has 1 atom stereocenters. The molecule has 2 amide bonds. The highest BCUT2D eigenvalue weighted by Gasteiger charge is 2.31. The molecule has 6 nitrogen and oxygen atoms in total. The van der Waals surface area contributed by atoms with Gasteiger partial charge in [-0.3, -0.25) is 9.59 Å². The van der Waals surface area contributed by atoms with Gasteiger partial charge in [0.2, 0.25) is 5.91 Å². The average molecular weight is 513 g/mol. The van der Waals surface area contributed by atoms with Crippen molar-refractivity contribution in [3.63, 3.8) is 0 Å². The second kappa shape index (κ2) is 10.9. The number of benzene rings is 3.